The Balaban J connectivity index is 1.64. The van der Waals surface area contributed by atoms with Crippen molar-refractivity contribution in [1.82, 2.24) is 9.88 Å². The monoisotopic (exact) mass is 370 g/mol. The second-order valence-corrected chi connectivity index (χ2v) is 6.45. The van der Waals surface area contributed by atoms with Gasteiger partial charge in [0.05, 0.1) is 30.0 Å². The number of ether oxygens (including phenoxy) is 1. The number of methoxy groups -OCH3 is 1. The van der Waals surface area contributed by atoms with Gasteiger partial charge in [0.25, 0.3) is 5.91 Å². The van der Waals surface area contributed by atoms with Crippen LogP contribution in [0, 0.1) is 11.3 Å². The largest absolute Gasteiger partial charge is 0.497 e. The molecular weight excluding hydrogens is 352 g/mol. The molecular formula is C22H18N4O2. The second kappa shape index (κ2) is 7.41. The van der Waals surface area contributed by atoms with Crippen LogP contribution < -0.4 is 10.1 Å². The molecule has 4 rings (SSSR count). The number of nitrogens with one attached hydrogen (secondary N) is 1. The Morgan fingerprint density at radius 1 is 1.14 bits per heavy atom. The number of benzene rings is 2. The minimum atomic E-state index is -0.390. The smallest absolute Gasteiger partial charge is 0.258 e. The summed E-state index contributed by atoms with van der Waals surface area (Å²) < 4.78 is 5.20. The Morgan fingerprint density at radius 3 is 2.57 bits per heavy atom. The van der Waals surface area contributed by atoms with Crippen molar-refractivity contribution in [2.24, 2.45) is 0 Å². The van der Waals surface area contributed by atoms with E-state index in [0.29, 0.717) is 23.4 Å². The molecule has 138 valence electrons. The maximum atomic E-state index is 13.0. The van der Waals surface area contributed by atoms with E-state index in [1.807, 2.05) is 36.4 Å². The van der Waals surface area contributed by atoms with Crippen LogP contribution in [0.2, 0.25) is 0 Å². The molecule has 0 fully saturated rings. The fraction of sp³-hybridized carbons (Fsp3) is 0.136. The number of hydrogen-bond acceptors (Lipinski definition) is 5. The van der Waals surface area contributed by atoms with Crippen molar-refractivity contribution in [1.29, 1.82) is 5.26 Å². The summed E-state index contributed by atoms with van der Waals surface area (Å²) in [4.78, 5) is 19.2. The number of hydrogen-bond donors (Lipinski definition) is 1. The fourth-order valence-electron chi connectivity index (χ4n) is 3.27. The normalized spacial score (nSPS) is 15.1. The lowest BCUT2D eigenvalue weighted by Crippen LogP contribution is -2.32. The summed E-state index contributed by atoms with van der Waals surface area (Å²) in [5, 5.41) is 12.4. The average Bonchev–Trinajstić information content (AvgIpc) is 3.01. The predicted octanol–water partition coefficient (Wildman–Crippen LogP) is 3.73. The van der Waals surface area contributed by atoms with Crippen LogP contribution in [0.25, 0.3) is 0 Å². The van der Waals surface area contributed by atoms with E-state index < -0.39 is 6.17 Å². The van der Waals surface area contributed by atoms with Gasteiger partial charge in [-0.25, -0.2) is 0 Å². The van der Waals surface area contributed by atoms with Crippen molar-refractivity contribution < 1.29 is 9.53 Å². The summed E-state index contributed by atoms with van der Waals surface area (Å²) in [6.45, 7) is 0.438. The molecule has 1 N–H and O–H groups in total. The minimum Gasteiger partial charge on any atom is -0.497 e. The number of fused-ring (bicyclic) bond motifs is 1. The lowest BCUT2D eigenvalue weighted by atomic mass is 10.2. The fourth-order valence-corrected chi connectivity index (χ4v) is 3.27. The number of nitrogens with zero attached hydrogens (tertiary/aromatic N) is 3. The van der Waals surface area contributed by atoms with E-state index in [2.05, 4.69) is 16.4 Å². The summed E-state index contributed by atoms with van der Waals surface area (Å²) in [5.41, 5.74) is 3.69. The number of amides is 1. The molecule has 0 saturated heterocycles. The van der Waals surface area contributed by atoms with Crippen LogP contribution in [0.4, 0.5) is 5.69 Å². The molecule has 0 spiro atoms. The van der Waals surface area contributed by atoms with Crippen molar-refractivity contribution in [2.45, 2.75) is 12.7 Å². The molecule has 0 saturated carbocycles. The summed E-state index contributed by atoms with van der Waals surface area (Å²) in [7, 11) is 1.62. The summed E-state index contributed by atoms with van der Waals surface area (Å²) in [6, 6.07) is 20.5. The van der Waals surface area contributed by atoms with E-state index in [-0.39, 0.29) is 5.91 Å². The molecule has 1 atom stereocenters. The van der Waals surface area contributed by atoms with Crippen LogP contribution in [0.5, 0.6) is 5.75 Å². The van der Waals surface area contributed by atoms with Gasteiger partial charge >= 0.3 is 0 Å². The Labute approximate surface area is 163 Å². The first-order valence-electron chi connectivity index (χ1n) is 8.85. The molecule has 0 unspecified atom stereocenters. The van der Waals surface area contributed by atoms with Gasteiger partial charge in [-0.2, -0.15) is 5.26 Å². The molecule has 2 heterocycles. The Hall–Kier alpha value is -3.85. The number of pyridine rings is 1. The van der Waals surface area contributed by atoms with Crippen LogP contribution in [0.1, 0.15) is 33.3 Å². The molecule has 3 aromatic rings. The summed E-state index contributed by atoms with van der Waals surface area (Å²) in [6.07, 6.45) is 1.30. The van der Waals surface area contributed by atoms with Gasteiger partial charge in [-0.15, -0.1) is 0 Å². The van der Waals surface area contributed by atoms with Crippen molar-refractivity contribution in [2.75, 3.05) is 12.4 Å². The number of rotatable bonds is 5. The molecule has 1 aromatic heterocycles. The average molecular weight is 370 g/mol. The van der Waals surface area contributed by atoms with Gasteiger partial charge in [-0.3, -0.25) is 9.78 Å². The molecule has 1 aliphatic rings. The maximum Gasteiger partial charge on any atom is 0.258 e. The second-order valence-electron chi connectivity index (χ2n) is 6.45. The van der Waals surface area contributed by atoms with Crippen LogP contribution in [0.15, 0.2) is 66.9 Å². The standard InChI is InChI=1S/C22H18N4O2/c1-28-18-10-6-16(7-11-18)14-26-21(20-19(22(26)27)3-2-12-24-20)25-17-8-4-15(13-23)5-9-17/h2-12,21,25H,14H2,1H3/t21-/m0/s1. The zero-order valence-electron chi connectivity index (χ0n) is 15.3. The molecule has 28 heavy (non-hydrogen) atoms. The first kappa shape index (κ1) is 17.6. The maximum absolute atomic E-state index is 13.0. The highest BCUT2D eigenvalue weighted by Crippen LogP contribution is 2.34. The molecule has 0 radical (unpaired) electrons. The van der Waals surface area contributed by atoms with Crippen molar-refractivity contribution in [3.05, 3.63) is 89.2 Å². The number of carbonyl (C=O) groups is 1. The minimum absolute atomic E-state index is 0.0648. The SMILES string of the molecule is COc1ccc(CN2C(=O)c3cccnc3[C@H]2Nc2ccc(C#N)cc2)cc1. The van der Waals surface area contributed by atoms with Gasteiger partial charge in [0, 0.05) is 18.4 Å². The predicted molar refractivity (Wildman–Crippen MR) is 105 cm³/mol. The van der Waals surface area contributed by atoms with Crippen LogP contribution >= 0.6 is 0 Å². The zero-order chi connectivity index (χ0) is 19.5. The molecule has 0 aliphatic carbocycles. The number of carbonyl (C=O) groups excluding carboxylic acids is 1. The third kappa shape index (κ3) is 3.26. The van der Waals surface area contributed by atoms with Crippen LogP contribution in [0.3, 0.4) is 0 Å². The first-order chi connectivity index (χ1) is 13.7. The molecule has 6 nitrogen and oxygen atoms in total. The summed E-state index contributed by atoms with van der Waals surface area (Å²) >= 11 is 0. The number of anilines is 1. The van der Waals surface area contributed by atoms with Crippen molar-refractivity contribution >= 4 is 11.6 Å². The van der Waals surface area contributed by atoms with Gasteiger partial charge < -0.3 is 15.0 Å². The van der Waals surface area contributed by atoms with E-state index in [0.717, 1.165) is 17.0 Å². The van der Waals surface area contributed by atoms with Crippen LogP contribution in [-0.4, -0.2) is 22.9 Å². The topological polar surface area (TPSA) is 78.2 Å². The van der Waals surface area contributed by atoms with Gasteiger partial charge in [0.2, 0.25) is 0 Å². The Morgan fingerprint density at radius 2 is 1.89 bits per heavy atom. The lowest BCUT2D eigenvalue weighted by molar-refractivity contribution is 0.0728. The van der Waals surface area contributed by atoms with E-state index in [1.165, 1.54) is 0 Å². The molecule has 6 heteroatoms. The Kier molecular flexibility index (Phi) is 4.65. The number of aromatic nitrogens is 1. The highest BCUT2D eigenvalue weighted by atomic mass is 16.5. The summed E-state index contributed by atoms with van der Waals surface area (Å²) in [5.74, 6) is 0.707. The van der Waals surface area contributed by atoms with Crippen molar-refractivity contribution in [3.63, 3.8) is 0 Å². The van der Waals surface area contributed by atoms with Gasteiger partial charge in [0.15, 0.2) is 0 Å². The van der Waals surface area contributed by atoms with E-state index in [9.17, 15) is 4.79 Å². The van der Waals surface area contributed by atoms with E-state index in [1.54, 1.807) is 42.5 Å². The lowest BCUT2D eigenvalue weighted by Gasteiger charge is -2.26. The Bertz CT molecular complexity index is 1040. The molecule has 0 bridgehead atoms. The molecule has 1 amide bonds. The number of nitriles is 1. The van der Waals surface area contributed by atoms with Gasteiger partial charge in [-0.1, -0.05) is 12.1 Å². The first-order valence-corrected chi connectivity index (χ1v) is 8.85. The molecule has 2 aromatic carbocycles. The quantitative estimate of drug-likeness (QED) is 0.740. The molecule has 1 aliphatic heterocycles. The zero-order valence-corrected chi connectivity index (χ0v) is 15.3. The van der Waals surface area contributed by atoms with Crippen LogP contribution in [-0.2, 0) is 6.54 Å². The third-order valence-corrected chi connectivity index (χ3v) is 4.73. The van der Waals surface area contributed by atoms with E-state index >= 15 is 0 Å². The van der Waals surface area contributed by atoms with Gasteiger partial charge in [0.1, 0.15) is 11.9 Å². The highest BCUT2D eigenvalue weighted by Gasteiger charge is 2.37. The highest BCUT2D eigenvalue weighted by molar-refractivity contribution is 5.98. The van der Waals surface area contributed by atoms with E-state index in [4.69, 9.17) is 10.00 Å². The van der Waals surface area contributed by atoms with Crippen molar-refractivity contribution in [3.8, 4) is 11.8 Å². The third-order valence-electron chi connectivity index (χ3n) is 4.73. The van der Waals surface area contributed by atoms with Gasteiger partial charge in [-0.05, 0) is 54.1 Å².